The summed E-state index contributed by atoms with van der Waals surface area (Å²) in [6.45, 7) is 1.16. The molecule has 1 aliphatic rings. The Bertz CT molecular complexity index is 254. The standard InChI is InChI=1S/C13H23F2NO/c1-17-10-12(5-3-7-16)8-11-4-2-6-13(14,15)9-11/h8,11H,2-7,9-10,16H2,1H3. The van der Waals surface area contributed by atoms with Crippen molar-refractivity contribution in [3.05, 3.63) is 11.6 Å². The first kappa shape index (κ1) is 14.6. The Hall–Kier alpha value is -0.480. The lowest BCUT2D eigenvalue weighted by atomic mass is 9.85. The average molecular weight is 247 g/mol. The van der Waals surface area contributed by atoms with Gasteiger partial charge in [0.15, 0.2) is 0 Å². The normalized spacial score (nSPS) is 24.9. The van der Waals surface area contributed by atoms with E-state index in [1.54, 1.807) is 7.11 Å². The fourth-order valence-electron chi connectivity index (χ4n) is 2.40. The van der Waals surface area contributed by atoms with Crippen molar-refractivity contribution < 1.29 is 13.5 Å². The molecule has 0 amide bonds. The molecule has 0 aliphatic heterocycles. The zero-order valence-electron chi connectivity index (χ0n) is 10.6. The van der Waals surface area contributed by atoms with E-state index in [9.17, 15) is 8.78 Å². The van der Waals surface area contributed by atoms with Crippen LogP contribution in [0.2, 0.25) is 0 Å². The molecule has 4 heteroatoms. The summed E-state index contributed by atoms with van der Waals surface area (Å²) in [7, 11) is 1.63. The summed E-state index contributed by atoms with van der Waals surface area (Å²) >= 11 is 0. The van der Waals surface area contributed by atoms with E-state index in [0.717, 1.165) is 24.8 Å². The zero-order chi connectivity index (χ0) is 12.7. The summed E-state index contributed by atoms with van der Waals surface area (Å²) in [5.74, 6) is -2.48. The van der Waals surface area contributed by atoms with Crippen LogP contribution >= 0.6 is 0 Å². The first-order chi connectivity index (χ1) is 8.07. The van der Waals surface area contributed by atoms with Gasteiger partial charge in [-0.25, -0.2) is 8.78 Å². The van der Waals surface area contributed by atoms with Gasteiger partial charge in [-0.2, -0.15) is 0 Å². The largest absolute Gasteiger partial charge is 0.380 e. The molecular weight excluding hydrogens is 224 g/mol. The Morgan fingerprint density at radius 2 is 2.29 bits per heavy atom. The van der Waals surface area contributed by atoms with Crippen LogP contribution in [0.5, 0.6) is 0 Å². The summed E-state index contributed by atoms with van der Waals surface area (Å²) in [6.07, 6.45) is 5.25. The predicted octanol–water partition coefficient (Wildman–Crippen LogP) is 3.12. The van der Waals surface area contributed by atoms with Crippen LogP contribution in [0.1, 0.15) is 38.5 Å². The van der Waals surface area contributed by atoms with Crippen molar-refractivity contribution >= 4 is 0 Å². The van der Waals surface area contributed by atoms with Gasteiger partial charge in [-0.3, -0.25) is 0 Å². The van der Waals surface area contributed by atoms with E-state index in [0.29, 0.717) is 19.6 Å². The molecule has 1 saturated carbocycles. The van der Waals surface area contributed by atoms with Gasteiger partial charge < -0.3 is 10.5 Å². The molecule has 0 aromatic heterocycles. The second kappa shape index (κ2) is 7.07. The summed E-state index contributed by atoms with van der Waals surface area (Å²) in [5, 5.41) is 0. The number of hydrogen-bond donors (Lipinski definition) is 1. The maximum atomic E-state index is 13.3. The fourth-order valence-corrected chi connectivity index (χ4v) is 2.40. The molecule has 1 rings (SSSR count). The van der Waals surface area contributed by atoms with Crippen LogP contribution in [0.4, 0.5) is 8.78 Å². The number of halogens is 2. The van der Waals surface area contributed by atoms with Crippen molar-refractivity contribution in [2.75, 3.05) is 20.3 Å². The summed E-state index contributed by atoms with van der Waals surface area (Å²) < 4.78 is 31.6. The first-order valence-corrected chi connectivity index (χ1v) is 6.34. The minimum absolute atomic E-state index is 0.00155. The molecule has 0 spiro atoms. The van der Waals surface area contributed by atoms with Gasteiger partial charge in [-0.05, 0) is 43.7 Å². The van der Waals surface area contributed by atoms with E-state index in [1.807, 2.05) is 6.08 Å². The summed E-state index contributed by atoms with van der Waals surface area (Å²) in [4.78, 5) is 0. The quantitative estimate of drug-likeness (QED) is 0.732. The van der Waals surface area contributed by atoms with Crippen LogP contribution in [0.15, 0.2) is 11.6 Å². The highest BCUT2D eigenvalue weighted by molar-refractivity contribution is 5.06. The van der Waals surface area contributed by atoms with Gasteiger partial charge in [-0.15, -0.1) is 0 Å². The SMILES string of the molecule is COCC(=CC1CCCC(F)(F)C1)CCCN. The van der Waals surface area contributed by atoms with E-state index in [4.69, 9.17) is 10.5 Å². The van der Waals surface area contributed by atoms with Crippen molar-refractivity contribution in [2.45, 2.75) is 44.4 Å². The topological polar surface area (TPSA) is 35.2 Å². The van der Waals surface area contributed by atoms with Gasteiger partial charge in [0.1, 0.15) is 0 Å². The molecule has 17 heavy (non-hydrogen) atoms. The number of methoxy groups -OCH3 is 1. The molecule has 0 heterocycles. The van der Waals surface area contributed by atoms with Crippen LogP contribution in [0, 0.1) is 5.92 Å². The third-order valence-corrected chi connectivity index (χ3v) is 3.18. The maximum absolute atomic E-state index is 13.3. The lowest BCUT2D eigenvalue weighted by Crippen LogP contribution is -2.25. The number of rotatable bonds is 6. The molecule has 0 aromatic carbocycles. The number of nitrogens with two attached hydrogens (primary N) is 1. The number of hydrogen-bond acceptors (Lipinski definition) is 2. The van der Waals surface area contributed by atoms with Gasteiger partial charge in [-0.1, -0.05) is 6.08 Å². The molecule has 0 radical (unpaired) electrons. The molecule has 2 nitrogen and oxygen atoms in total. The van der Waals surface area contributed by atoms with Gasteiger partial charge in [0, 0.05) is 20.0 Å². The zero-order valence-corrected chi connectivity index (χ0v) is 10.6. The summed E-state index contributed by atoms with van der Waals surface area (Å²) in [5.41, 5.74) is 6.57. The number of ether oxygens (including phenoxy) is 1. The molecule has 1 aliphatic carbocycles. The minimum atomic E-state index is -2.48. The molecular formula is C13H23F2NO. The fraction of sp³-hybridized carbons (Fsp3) is 0.846. The third-order valence-electron chi connectivity index (χ3n) is 3.18. The second-order valence-electron chi connectivity index (χ2n) is 4.86. The highest BCUT2D eigenvalue weighted by Gasteiger charge is 2.35. The molecule has 100 valence electrons. The monoisotopic (exact) mass is 247 g/mol. The third kappa shape index (κ3) is 5.59. The molecule has 2 N–H and O–H groups in total. The number of alkyl halides is 2. The highest BCUT2D eigenvalue weighted by atomic mass is 19.3. The molecule has 0 aromatic rings. The van der Waals surface area contributed by atoms with Crippen molar-refractivity contribution in [3.63, 3.8) is 0 Å². The van der Waals surface area contributed by atoms with Gasteiger partial charge in [0.25, 0.3) is 0 Å². The van der Waals surface area contributed by atoms with Crippen LogP contribution in [-0.4, -0.2) is 26.2 Å². The Labute approximate surface area is 102 Å². The Morgan fingerprint density at radius 3 is 2.88 bits per heavy atom. The van der Waals surface area contributed by atoms with Crippen LogP contribution in [0.3, 0.4) is 0 Å². The van der Waals surface area contributed by atoms with Crippen molar-refractivity contribution in [1.82, 2.24) is 0 Å². The lowest BCUT2D eigenvalue weighted by molar-refractivity contribution is -0.0455. The highest BCUT2D eigenvalue weighted by Crippen LogP contribution is 2.37. The summed E-state index contributed by atoms with van der Waals surface area (Å²) in [6, 6.07) is 0. The maximum Gasteiger partial charge on any atom is 0.248 e. The Morgan fingerprint density at radius 1 is 1.53 bits per heavy atom. The lowest BCUT2D eigenvalue weighted by Gasteiger charge is -2.27. The average Bonchev–Trinajstić information content (AvgIpc) is 2.25. The van der Waals surface area contributed by atoms with Crippen LogP contribution in [0.25, 0.3) is 0 Å². The molecule has 1 unspecified atom stereocenters. The van der Waals surface area contributed by atoms with E-state index in [-0.39, 0.29) is 18.8 Å². The van der Waals surface area contributed by atoms with Crippen LogP contribution in [-0.2, 0) is 4.74 Å². The molecule has 0 bridgehead atoms. The first-order valence-electron chi connectivity index (χ1n) is 6.34. The Balaban J connectivity index is 2.55. The van der Waals surface area contributed by atoms with E-state index >= 15 is 0 Å². The van der Waals surface area contributed by atoms with Crippen LogP contribution < -0.4 is 5.73 Å². The van der Waals surface area contributed by atoms with E-state index in [1.165, 1.54) is 0 Å². The van der Waals surface area contributed by atoms with Crippen molar-refractivity contribution in [2.24, 2.45) is 11.7 Å². The second-order valence-corrected chi connectivity index (χ2v) is 4.86. The minimum Gasteiger partial charge on any atom is -0.380 e. The van der Waals surface area contributed by atoms with Gasteiger partial charge in [0.2, 0.25) is 5.92 Å². The molecule has 1 fully saturated rings. The number of allylic oxidation sites excluding steroid dienone is 1. The smallest absolute Gasteiger partial charge is 0.248 e. The predicted molar refractivity (Wildman–Crippen MR) is 65.2 cm³/mol. The van der Waals surface area contributed by atoms with Gasteiger partial charge in [0.05, 0.1) is 6.61 Å². The van der Waals surface area contributed by atoms with E-state index < -0.39 is 5.92 Å². The van der Waals surface area contributed by atoms with Gasteiger partial charge >= 0.3 is 0 Å². The molecule has 1 atom stereocenters. The Kier molecular flexibility index (Phi) is 6.06. The molecule has 0 saturated heterocycles. The van der Waals surface area contributed by atoms with E-state index in [2.05, 4.69) is 0 Å². The van der Waals surface area contributed by atoms with Crippen molar-refractivity contribution in [1.29, 1.82) is 0 Å². The van der Waals surface area contributed by atoms with Crippen molar-refractivity contribution in [3.8, 4) is 0 Å².